The van der Waals surface area contributed by atoms with Gasteiger partial charge in [0.15, 0.2) is 0 Å². The molecule has 10 heteroatoms. The van der Waals surface area contributed by atoms with Crippen molar-refractivity contribution in [1.82, 2.24) is 24.3 Å². The highest BCUT2D eigenvalue weighted by molar-refractivity contribution is 5.95. The van der Waals surface area contributed by atoms with Crippen LogP contribution in [0.3, 0.4) is 0 Å². The van der Waals surface area contributed by atoms with Gasteiger partial charge in [0.05, 0.1) is 6.04 Å². The molecule has 45 heavy (non-hydrogen) atoms. The van der Waals surface area contributed by atoms with Crippen molar-refractivity contribution in [2.75, 3.05) is 13.1 Å². The first-order valence-corrected chi connectivity index (χ1v) is 15.4. The number of amides is 2. The monoisotopic (exact) mass is 609 g/mol. The van der Waals surface area contributed by atoms with Gasteiger partial charge >= 0.3 is 12.2 Å². The third kappa shape index (κ3) is 5.89. The highest BCUT2D eigenvalue weighted by Crippen LogP contribution is 2.40. The summed E-state index contributed by atoms with van der Waals surface area (Å²) in [6.07, 6.45) is 4.20. The molecule has 0 unspecified atom stereocenters. The smallest absolute Gasteiger partial charge is 0.417 e. The van der Waals surface area contributed by atoms with Gasteiger partial charge in [0.1, 0.15) is 11.2 Å². The van der Waals surface area contributed by atoms with E-state index in [1.807, 2.05) is 69.5 Å². The lowest BCUT2D eigenvalue weighted by atomic mass is 9.86. The number of ether oxygens (including phenoxy) is 1. The molecular weight excluding hydrogens is 570 g/mol. The van der Waals surface area contributed by atoms with E-state index in [4.69, 9.17) is 4.74 Å². The Hall–Kier alpha value is -4.73. The van der Waals surface area contributed by atoms with Crippen molar-refractivity contribution in [2.45, 2.75) is 79.0 Å². The highest BCUT2D eigenvalue weighted by Gasteiger charge is 2.36. The molecule has 5 heterocycles. The highest BCUT2D eigenvalue weighted by atomic mass is 16.6. The Labute approximate surface area is 262 Å². The second-order valence-electron chi connectivity index (χ2n) is 13.2. The minimum atomic E-state index is -1.09. The number of hydrogen-bond acceptors (Lipinski definition) is 6. The normalized spacial score (nSPS) is 16.6. The molecule has 3 aromatic heterocycles. The number of likely N-dealkylation sites (tertiary alicyclic amines) is 1. The number of carboxylic acid groups (broad SMARTS) is 1. The predicted octanol–water partition coefficient (Wildman–Crippen LogP) is 6.82. The van der Waals surface area contributed by atoms with Crippen molar-refractivity contribution in [1.29, 1.82) is 0 Å². The van der Waals surface area contributed by atoms with E-state index >= 15 is 0 Å². The van der Waals surface area contributed by atoms with Crippen molar-refractivity contribution in [3.8, 4) is 11.1 Å². The summed E-state index contributed by atoms with van der Waals surface area (Å²) in [6, 6.07) is 9.73. The van der Waals surface area contributed by atoms with E-state index in [1.165, 1.54) is 0 Å². The Bertz CT molecular complexity index is 1830. The average Bonchev–Trinajstić information content (AvgIpc) is 3.59. The lowest BCUT2D eigenvalue weighted by Gasteiger charge is -2.34. The van der Waals surface area contributed by atoms with Crippen LogP contribution in [0.5, 0.6) is 0 Å². The summed E-state index contributed by atoms with van der Waals surface area (Å²) in [6.45, 7) is 12.9. The van der Waals surface area contributed by atoms with Gasteiger partial charge in [-0.25, -0.2) is 19.1 Å². The maximum atomic E-state index is 13.7. The van der Waals surface area contributed by atoms with Gasteiger partial charge in [0.2, 0.25) is 0 Å². The van der Waals surface area contributed by atoms with Crippen molar-refractivity contribution < 1.29 is 24.2 Å². The van der Waals surface area contributed by atoms with E-state index in [2.05, 4.69) is 22.1 Å². The maximum Gasteiger partial charge on any atom is 0.417 e. The van der Waals surface area contributed by atoms with Crippen LogP contribution in [0.4, 0.5) is 9.59 Å². The second-order valence-corrected chi connectivity index (χ2v) is 13.2. The third-order valence-electron chi connectivity index (χ3n) is 8.61. The minimum absolute atomic E-state index is 0.0360. The van der Waals surface area contributed by atoms with Crippen molar-refractivity contribution >= 4 is 29.1 Å². The molecule has 1 fully saturated rings. The zero-order valence-corrected chi connectivity index (χ0v) is 26.7. The Kier molecular flexibility index (Phi) is 7.62. The molecule has 2 aliphatic rings. The van der Waals surface area contributed by atoms with Gasteiger partial charge < -0.3 is 19.6 Å². The summed E-state index contributed by atoms with van der Waals surface area (Å²) in [4.78, 5) is 51.5. The molecular formula is C35H39N5O5. The van der Waals surface area contributed by atoms with Gasteiger partial charge in [-0.05, 0) is 119 Å². The quantitative estimate of drug-likeness (QED) is 0.271. The van der Waals surface area contributed by atoms with Gasteiger partial charge in [-0.2, -0.15) is 0 Å². The molecule has 0 bridgehead atoms. The molecule has 0 radical (unpaired) electrons. The van der Waals surface area contributed by atoms with Gasteiger partial charge in [0.25, 0.3) is 5.91 Å². The van der Waals surface area contributed by atoms with Crippen LogP contribution in [0.15, 0.2) is 42.7 Å². The Morgan fingerprint density at radius 3 is 2.40 bits per heavy atom. The molecule has 1 atom stereocenters. The van der Waals surface area contributed by atoms with Gasteiger partial charge in [-0.1, -0.05) is 0 Å². The number of carbonyl (C=O) groups is 3. The molecule has 1 N–H and O–H groups in total. The van der Waals surface area contributed by atoms with E-state index < -0.39 is 11.7 Å². The van der Waals surface area contributed by atoms with Crippen LogP contribution in [-0.2, 0) is 17.7 Å². The summed E-state index contributed by atoms with van der Waals surface area (Å²) in [5.74, 6) is -0.0360. The summed E-state index contributed by atoms with van der Waals surface area (Å²) < 4.78 is 6.94. The number of benzene rings is 1. The van der Waals surface area contributed by atoms with Gasteiger partial charge in [-0.3, -0.25) is 9.78 Å². The van der Waals surface area contributed by atoms with Gasteiger partial charge in [0, 0.05) is 59.9 Å². The number of pyridine rings is 2. The first-order valence-electron chi connectivity index (χ1n) is 15.4. The molecule has 234 valence electrons. The van der Waals surface area contributed by atoms with E-state index in [0.717, 1.165) is 67.6 Å². The first kappa shape index (κ1) is 30.3. The Morgan fingerprint density at radius 1 is 0.978 bits per heavy atom. The van der Waals surface area contributed by atoms with Crippen LogP contribution >= 0.6 is 0 Å². The maximum absolute atomic E-state index is 13.7. The summed E-state index contributed by atoms with van der Waals surface area (Å²) >= 11 is 0. The summed E-state index contributed by atoms with van der Waals surface area (Å²) in [5, 5.41) is 10.4. The first-order chi connectivity index (χ1) is 21.3. The molecule has 2 aliphatic heterocycles. The number of rotatable bonds is 3. The van der Waals surface area contributed by atoms with Gasteiger partial charge in [-0.15, -0.1) is 0 Å². The molecule has 0 aliphatic carbocycles. The average molecular weight is 610 g/mol. The van der Waals surface area contributed by atoms with Crippen LogP contribution in [0.2, 0.25) is 0 Å². The Morgan fingerprint density at radius 2 is 1.71 bits per heavy atom. The van der Waals surface area contributed by atoms with E-state index in [0.29, 0.717) is 37.3 Å². The zero-order valence-electron chi connectivity index (χ0n) is 26.7. The predicted molar refractivity (Wildman–Crippen MR) is 170 cm³/mol. The zero-order chi connectivity index (χ0) is 32.2. The SMILES string of the molecule is Cc1cc(C(=O)N2CCc3c(cc(-c4cnc5c(c4)c(C)cn5C(=O)O)cc3[C@@H]3CCCN3C(=O)OC(C)(C)C)C2)cc(C)n1. The molecule has 4 aromatic rings. The fourth-order valence-electron chi connectivity index (χ4n) is 6.71. The van der Waals surface area contributed by atoms with E-state index in [9.17, 15) is 19.5 Å². The van der Waals surface area contributed by atoms with Crippen LogP contribution in [-0.4, -0.2) is 66.2 Å². The van der Waals surface area contributed by atoms with E-state index in [1.54, 1.807) is 12.4 Å². The third-order valence-corrected chi connectivity index (χ3v) is 8.61. The molecule has 0 saturated carbocycles. The molecule has 0 spiro atoms. The topological polar surface area (TPSA) is 118 Å². The molecule has 10 nitrogen and oxygen atoms in total. The number of aromatic nitrogens is 3. The van der Waals surface area contributed by atoms with E-state index in [-0.39, 0.29) is 18.0 Å². The summed E-state index contributed by atoms with van der Waals surface area (Å²) in [5.41, 5.74) is 7.81. The van der Waals surface area contributed by atoms with Crippen LogP contribution < -0.4 is 0 Å². The van der Waals surface area contributed by atoms with Crippen molar-refractivity contribution in [2.24, 2.45) is 0 Å². The minimum Gasteiger partial charge on any atom is -0.464 e. The van der Waals surface area contributed by atoms with Crippen molar-refractivity contribution in [3.05, 3.63) is 81.9 Å². The Balaban J connectivity index is 1.44. The standard InChI is InChI=1S/C35H39N5O5/c1-20-18-40(33(42)43)31-28(20)16-25(17-36-31)23-14-26-19-38(32(41)24-12-21(2)37-22(3)13-24)11-9-27(26)29(15-23)30-8-7-10-39(30)34(44)45-35(4,5)6/h12-18,30H,7-11,19H2,1-6H3,(H,42,43)/t30-/m0/s1. The number of aryl methyl sites for hydroxylation is 3. The van der Waals surface area contributed by atoms with Crippen LogP contribution in [0.25, 0.3) is 22.2 Å². The molecule has 2 amide bonds. The molecule has 1 aromatic carbocycles. The molecule has 1 saturated heterocycles. The van der Waals surface area contributed by atoms with Crippen LogP contribution in [0.1, 0.15) is 83.7 Å². The fourth-order valence-corrected chi connectivity index (χ4v) is 6.71. The number of carbonyl (C=O) groups excluding carboxylic acids is 2. The lowest BCUT2D eigenvalue weighted by Crippen LogP contribution is -2.38. The lowest BCUT2D eigenvalue weighted by molar-refractivity contribution is 0.0223. The van der Waals surface area contributed by atoms with Crippen LogP contribution in [0, 0.1) is 20.8 Å². The number of hydrogen-bond donors (Lipinski definition) is 1. The number of fused-ring (bicyclic) bond motifs is 2. The second kappa shape index (κ2) is 11.3. The largest absolute Gasteiger partial charge is 0.464 e. The number of nitrogens with zero attached hydrogens (tertiary/aromatic N) is 5. The fraction of sp³-hybridized carbons (Fsp3) is 0.400. The molecule has 6 rings (SSSR count). The van der Waals surface area contributed by atoms with Crippen molar-refractivity contribution in [3.63, 3.8) is 0 Å². The summed E-state index contributed by atoms with van der Waals surface area (Å²) in [7, 11) is 0.